The van der Waals surface area contributed by atoms with Gasteiger partial charge in [-0.1, -0.05) is 23.8 Å². The summed E-state index contributed by atoms with van der Waals surface area (Å²) in [4.78, 5) is 52.8. The molecular formula is C28H23Cl2FN2O5. The van der Waals surface area contributed by atoms with Gasteiger partial charge in [0.2, 0.25) is 11.8 Å². The number of likely N-dealkylation sites (tertiary alicyclic amines) is 1. The molecule has 0 bridgehead atoms. The van der Waals surface area contributed by atoms with Crippen LogP contribution in [0.1, 0.15) is 31.2 Å². The monoisotopic (exact) mass is 556 g/mol. The number of hydrogen-bond acceptors (Lipinski definition) is 5. The number of anilines is 1. The molecule has 2 aliphatic heterocycles. The minimum absolute atomic E-state index is 0.00326. The Balaban J connectivity index is 1.56. The summed E-state index contributed by atoms with van der Waals surface area (Å²) in [6.45, 7) is 1.96. The second-order valence-electron chi connectivity index (χ2n) is 10.3. The maximum atomic E-state index is 14.1. The lowest BCUT2D eigenvalue weighted by molar-refractivity contribution is -0.140. The van der Waals surface area contributed by atoms with Gasteiger partial charge in [0, 0.05) is 12.5 Å². The number of phenolic OH excluding ortho intramolecular Hbond substituents is 1. The van der Waals surface area contributed by atoms with Crippen LogP contribution < -0.4 is 4.90 Å². The number of allylic oxidation sites excluding steroid dienone is 2. The lowest BCUT2D eigenvalue weighted by Crippen LogP contribution is -2.60. The topological polar surface area (TPSA) is 95.0 Å². The van der Waals surface area contributed by atoms with Gasteiger partial charge >= 0.3 is 0 Å². The molecule has 2 heterocycles. The van der Waals surface area contributed by atoms with Crippen LogP contribution in [0, 0.1) is 23.6 Å². The van der Waals surface area contributed by atoms with Gasteiger partial charge in [-0.05, 0) is 67.6 Å². The first kappa shape index (κ1) is 25.1. The van der Waals surface area contributed by atoms with Crippen LogP contribution in [-0.2, 0) is 19.2 Å². The first-order chi connectivity index (χ1) is 18.0. The van der Waals surface area contributed by atoms with Crippen LogP contribution in [0.3, 0.4) is 0 Å². The Labute approximate surface area is 227 Å². The molecule has 7 nitrogen and oxygen atoms in total. The quantitative estimate of drug-likeness (QED) is 0.348. The van der Waals surface area contributed by atoms with Crippen LogP contribution in [0.5, 0.6) is 5.75 Å². The molecule has 6 atom stereocenters. The van der Waals surface area contributed by atoms with Gasteiger partial charge in [0.05, 0.1) is 17.5 Å². The molecule has 38 heavy (non-hydrogen) atoms. The molecule has 196 valence electrons. The van der Waals surface area contributed by atoms with Crippen molar-refractivity contribution in [2.24, 2.45) is 17.8 Å². The largest absolute Gasteiger partial charge is 0.508 e. The van der Waals surface area contributed by atoms with Gasteiger partial charge in [0.25, 0.3) is 11.8 Å². The second-order valence-corrected chi connectivity index (χ2v) is 11.5. The number of carbonyl (C=O) groups excluding carboxylic acids is 4. The molecule has 3 fully saturated rings. The van der Waals surface area contributed by atoms with Gasteiger partial charge in [-0.2, -0.15) is 0 Å². The van der Waals surface area contributed by atoms with Gasteiger partial charge in [-0.15, -0.1) is 23.2 Å². The van der Waals surface area contributed by atoms with Gasteiger partial charge in [-0.25, -0.2) is 9.29 Å². The van der Waals surface area contributed by atoms with Gasteiger partial charge in [-0.3, -0.25) is 24.1 Å². The SMILES string of the molecule is CCN1C(=O)[C@H]2[C@H](CC=C3[C@H]2C[C@@]2(Cl)C(=O)N(c4ccc(F)cc4)C(=O)[C@@]2(Cl)[C@H]3c2ccc(O)cc2)C1=O. The Morgan fingerprint density at radius 3 is 2.24 bits per heavy atom. The molecule has 1 saturated carbocycles. The Morgan fingerprint density at radius 2 is 1.61 bits per heavy atom. The van der Waals surface area contributed by atoms with Gasteiger partial charge < -0.3 is 5.11 Å². The third-order valence-corrected chi connectivity index (χ3v) is 9.94. The summed E-state index contributed by atoms with van der Waals surface area (Å²) in [5.41, 5.74) is 1.33. The average Bonchev–Trinajstić information content (AvgIpc) is 3.23. The van der Waals surface area contributed by atoms with E-state index in [0.29, 0.717) is 11.1 Å². The van der Waals surface area contributed by atoms with E-state index in [4.69, 9.17) is 23.2 Å². The smallest absolute Gasteiger partial charge is 0.258 e. The van der Waals surface area contributed by atoms with Crippen LogP contribution in [0.25, 0.3) is 0 Å². The fraction of sp³-hybridized carbons (Fsp3) is 0.357. The number of benzene rings is 2. The van der Waals surface area contributed by atoms with Gasteiger partial charge in [0.1, 0.15) is 11.6 Å². The fourth-order valence-electron chi connectivity index (χ4n) is 6.82. The summed E-state index contributed by atoms with van der Waals surface area (Å²) in [7, 11) is 0. The van der Waals surface area contributed by atoms with Crippen molar-refractivity contribution in [2.75, 3.05) is 11.4 Å². The van der Waals surface area contributed by atoms with Crippen LogP contribution in [-0.4, -0.2) is 49.9 Å². The minimum Gasteiger partial charge on any atom is -0.508 e. The van der Waals surface area contributed by atoms with Crippen LogP contribution in [0.2, 0.25) is 0 Å². The van der Waals surface area contributed by atoms with E-state index in [0.717, 1.165) is 17.0 Å². The number of fused-ring (bicyclic) bond motifs is 4. The number of carbonyl (C=O) groups is 4. The molecule has 10 heteroatoms. The summed E-state index contributed by atoms with van der Waals surface area (Å²) in [6, 6.07) is 11.0. The average molecular weight is 557 g/mol. The van der Waals surface area contributed by atoms with E-state index < -0.39 is 51.1 Å². The number of imide groups is 2. The summed E-state index contributed by atoms with van der Waals surface area (Å²) in [6.07, 6.45) is 2.02. The lowest BCUT2D eigenvalue weighted by Gasteiger charge is -2.50. The third-order valence-electron chi connectivity index (χ3n) is 8.53. The number of phenols is 1. The molecule has 4 aliphatic rings. The molecule has 0 radical (unpaired) electrons. The predicted molar refractivity (Wildman–Crippen MR) is 137 cm³/mol. The Bertz CT molecular complexity index is 1430. The molecule has 1 N–H and O–H groups in total. The number of halogens is 3. The molecule has 2 aromatic carbocycles. The molecular weight excluding hydrogens is 534 g/mol. The van der Waals surface area contributed by atoms with Crippen LogP contribution in [0.15, 0.2) is 60.2 Å². The summed E-state index contributed by atoms with van der Waals surface area (Å²) < 4.78 is 13.7. The van der Waals surface area contributed by atoms with E-state index in [2.05, 4.69) is 0 Å². The van der Waals surface area contributed by atoms with Crippen LogP contribution >= 0.6 is 23.2 Å². The van der Waals surface area contributed by atoms with E-state index in [1.165, 1.54) is 29.2 Å². The molecule has 2 aromatic rings. The second kappa shape index (κ2) is 8.38. The van der Waals surface area contributed by atoms with E-state index in [-0.39, 0.29) is 42.6 Å². The lowest BCUT2D eigenvalue weighted by atomic mass is 9.56. The predicted octanol–water partition coefficient (Wildman–Crippen LogP) is 4.11. The van der Waals surface area contributed by atoms with E-state index in [1.54, 1.807) is 19.1 Å². The van der Waals surface area contributed by atoms with Crippen LogP contribution in [0.4, 0.5) is 10.1 Å². The third kappa shape index (κ3) is 3.07. The van der Waals surface area contributed by atoms with Gasteiger partial charge in [0.15, 0.2) is 9.75 Å². The number of hydrogen-bond donors (Lipinski definition) is 1. The van der Waals surface area contributed by atoms with Crippen molar-refractivity contribution in [1.29, 1.82) is 0 Å². The zero-order valence-electron chi connectivity index (χ0n) is 20.2. The number of aromatic hydroxyl groups is 1. The first-order valence-corrected chi connectivity index (χ1v) is 13.2. The highest BCUT2D eigenvalue weighted by molar-refractivity contribution is 6.58. The highest BCUT2D eigenvalue weighted by Gasteiger charge is 2.76. The molecule has 6 rings (SSSR count). The number of amides is 4. The zero-order valence-corrected chi connectivity index (χ0v) is 21.7. The Kier molecular flexibility index (Phi) is 5.53. The summed E-state index contributed by atoms with van der Waals surface area (Å²) >= 11 is 14.4. The molecule has 2 aliphatic carbocycles. The van der Waals surface area contributed by atoms with Crippen molar-refractivity contribution >= 4 is 52.5 Å². The maximum absolute atomic E-state index is 14.1. The van der Waals surface area contributed by atoms with Crippen molar-refractivity contribution in [3.8, 4) is 5.75 Å². The zero-order chi connectivity index (χ0) is 27.1. The van der Waals surface area contributed by atoms with E-state index in [9.17, 15) is 28.7 Å². The van der Waals surface area contributed by atoms with Crippen molar-refractivity contribution in [3.63, 3.8) is 0 Å². The molecule has 4 amide bonds. The van der Waals surface area contributed by atoms with Crippen molar-refractivity contribution < 1.29 is 28.7 Å². The standard InChI is InChI=1S/C28H23Cl2FN2O5/c1-2-32-23(35)19-12-11-18-20(21(19)24(32)36)13-27(29)25(37)33(16-7-5-15(31)6-8-16)26(38)28(27,30)22(18)14-3-9-17(34)10-4-14/h3-11,19-22,34H,2,12-13H2,1H3/t19-,20+,21-,22-,27+,28-/m0/s1. The summed E-state index contributed by atoms with van der Waals surface area (Å²) in [5.74, 6) is -5.51. The van der Waals surface area contributed by atoms with E-state index >= 15 is 0 Å². The summed E-state index contributed by atoms with van der Waals surface area (Å²) in [5, 5.41) is 9.92. The maximum Gasteiger partial charge on any atom is 0.258 e. The number of alkyl halides is 2. The normalized spacial score (nSPS) is 34.3. The number of rotatable bonds is 3. The number of nitrogens with zero attached hydrogens (tertiary/aromatic N) is 2. The Hall–Kier alpha value is -3.23. The highest BCUT2D eigenvalue weighted by Crippen LogP contribution is 2.65. The molecule has 0 aromatic heterocycles. The molecule has 0 unspecified atom stereocenters. The van der Waals surface area contributed by atoms with Crippen molar-refractivity contribution in [1.82, 2.24) is 4.90 Å². The molecule has 0 spiro atoms. The van der Waals surface area contributed by atoms with Crippen molar-refractivity contribution in [2.45, 2.75) is 35.4 Å². The first-order valence-electron chi connectivity index (χ1n) is 12.4. The van der Waals surface area contributed by atoms with Crippen molar-refractivity contribution in [3.05, 3.63) is 71.6 Å². The highest BCUT2D eigenvalue weighted by atomic mass is 35.5. The fourth-order valence-corrected chi connectivity index (χ4v) is 7.75. The Morgan fingerprint density at radius 1 is 0.947 bits per heavy atom. The molecule has 2 saturated heterocycles. The minimum atomic E-state index is -1.98. The van der Waals surface area contributed by atoms with E-state index in [1.807, 2.05) is 6.08 Å².